The van der Waals surface area contributed by atoms with Crippen molar-refractivity contribution in [3.05, 3.63) is 53.0 Å². The highest BCUT2D eigenvalue weighted by molar-refractivity contribution is 5.99. The average Bonchev–Trinajstić information content (AvgIpc) is 2.85. The predicted molar refractivity (Wildman–Crippen MR) is 79.5 cm³/mol. The van der Waals surface area contributed by atoms with Gasteiger partial charge in [0.15, 0.2) is 0 Å². The molecule has 0 aliphatic rings. The molecule has 0 aliphatic heterocycles. The third-order valence-corrected chi connectivity index (χ3v) is 3.27. The smallest absolute Gasteiger partial charge is 0.253 e. The minimum Gasteiger partial charge on any atom is -0.464 e. The summed E-state index contributed by atoms with van der Waals surface area (Å²) in [6.07, 6.45) is 0.754. The van der Waals surface area contributed by atoms with E-state index in [1.807, 2.05) is 39.0 Å². The van der Waals surface area contributed by atoms with Crippen LogP contribution in [0.15, 0.2) is 34.7 Å². The summed E-state index contributed by atoms with van der Waals surface area (Å²) >= 11 is 0. The van der Waals surface area contributed by atoms with Gasteiger partial charge in [-0.25, -0.2) is 0 Å². The summed E-state index contributed by atoms with van der Waals surface area (Å²) in [6.45, 7) is 5.82. The van der Waals surface area contributed by atoms with Crippen LogP contribution in [-0.2, 0) is 0 Å². The number of nitrogens with two attached hydrogens (primary N) is 1. The van der Waals surface area contributed by atoms with E-state index >= 15 is 0 Å². The molecule has 4 nitrogen and oxygen atoms in total. The van der Waals surface area contributed by atoms with Crippen LogP contribution in [0.1, 0.15) is 46.8 Å². The van der Waals surface area contributed by atoms with Crippen molar-refractivity contribution in [1.82, 2.24) is 5.32 Å². The molecule has 106 valence electrons. The van der Waals surface area contributed by atoms with Gasteiger partial charge in [0.1, 0.15) is 11.5 Å². The van der Waals surface area contributed by atoms with Crippen LogP contribution in [0.4, 0.5) is 5.69 Å². The molecule has 0 saturated carbocycles. The fraction of sp³-hybridized carbons (Fsp3) is 0.312. The molecule has 4 heteroatoms. The van der Waals surface area contributed by atoms with Crippen molar-refractivity contribution in [3.63, 3.8) is 0 Å². The van der Waals surface area contributed by atoms with Crippen LogP contribution in [-0.4, -0.2) is 5.91 Å². The number of amides is 1. The number of hydrogen-bond acceptors (Lipinski definition) is 3. The molecule has 1 unspecified atom stereocenters. The third-order valence-electron chi connectivity index (χ3n) is 3.27. The minimum atomic E-state index is -0.174. The van der Waals surface area contributed by atoms with Crippen LogP contribution in [0.3, 0.4) is 0 Å². The molecule has 1 aromatic carbocycles. The van der Waals surface area contributed by atoms with Crippen LogP contribution < -0.4 is 11.1 Å². The second-order valence-electron chi connectivity index (χ2n) is 4.97. The number of rotatable bonds is 4. The Bertz CT molecular complexity index is 617. The highest BCUT2D eigenvalue weighted by Gasteiger charge is 2.18. The first-order valence-corrected chi connectivity index (χ1v) is 6.74. The van der Waals surface area contributed by atoms with Crippen LogP contribution in [0.2, 0.25) is 0 Å². The van der Waals surface area contributed by atoms with E-state index in [4.69, 9.17) is 10.2 Å². The Kier molecular flexibility index (Phi) is 4.13. The van der Waals surface area contributed by atoms with Crippen molar-refractivity contribution in [3.8, 4) is 0 Å². The van der Waals surface area contributed by atoms with Gasteiger partial charge in [0, 0.05) is 5.69 Å². The zero-order valence-electron chi connectivity index (χ0n) is 12.1. The van der Waals surface area contributed by atoms with E-state index in [2.05, 4.69) is 5.32 Å². The lowest BCUT2D eigenvalue weighted by Gasteiger charge is -2.16. The van der Waals surface area contributed by atoms with Gasteiger partial charge in [-0.2, -0.15) is 0 Å². The van der Waals surface area contributed by atoms with Gasteiger partial charge in [0.25, 0.3) is 5.91 Å². The molecule has 0 radical (unpaired) electrons. The zero-order valence-corrected chi connectivity index (χ0v) is 12.1. The summed E-state index contributed by atoms with van der Waals surface area (Å²) < 4.78 is 5.58. The van der Waals surface area contributed by atoms with Gasteiger partial charge in [0.05, 0.1) is 11.6 Å². The van der Waals surface area contributed by atoms with Crippen molar-refractivity contribution in [2.24, 2.45) is 0 Å². The first-order chi connectivity index (χ1) is 9.51. The number of carbonyl (C=O) groups is 1. The Morgan fingerprint density at radius 1 is 1.30 bits per heavy atom. The number of benzene rings is 1. The molecule has 2 rings (SSSR count). The molecule has 0 fully saturated rings. The molecule has 1 atom stereocenters. The lowest BCUT2D eigenvalue weighted by atomic mass is 10.1. The summed E-state index contributed by atoms with van der Waals surface area (Å²) in [4.78, 5) is 12.3. The molecule has 1 amide bonds. The Morgan fingerprint density at radius 3 is 2.65 bits per heavy atom. The molecular formula is C16H20N2O2. The van der Waals surface area contributed by atoms with Crippen LogP contribution >= 0.6 is 0 Å². The van der Waals surface area contributed by atoms with Crippen molar-refractivity contribution < 1.29 is 9.21 Å². The predicted octanol–water partition coefficient (Wildman–Crippen LogP) is 3.36. The molecule has 0 spiro atoms. The molecule has 1 heterocycles. The number of nitrogens with one attached hydrogen (secondary N) is 1. The molecular weight excluding hydrogens is 252 g/mol. The van der Waals surface area contributed by atoms with Gasteiger partial charge in [-0.05, 0) is 44.5 Å². The lowest BCUT2D eigenvalue weighted by molar-refractivity contribution is 0.0931. The van der Waals surface area contributed by atoms with Gasteiger partial charge >= 0.3 is 0 Å². The van der Waals surface area contributed by atoms with Crippen LogP contribution in [0, 0.1) is 13.8 Å². The van der Waals surface area contributed by atoms with E-state index < -0.39 is 0 Å². The first-order valence-electron chi connectivity index (χ1n) is 6.74. The summed E-state index contributed by atoms with van der Waals surface area (Å²) in [7, 11) is 0. The largest absolute Gasteiger partial charge is 0.464 e. The van der Waals surface area contributed by atoms with E-state index in [1.54, 1.807) is 12.1 Å². The SMILES string of the molecule is CCC(NC(=O)c1cc(C)ccc1N)c1ccc(C)o1. The van der Waals surface area contributed by atoms with E-state index in [1.165, 1.54) is 0 Å². The molecule has 1 aromatic heterocycles. The molecule has 0 bridgehead atoms. The van der Waals surface area contributed by atoms with Gasteiger partial charge in [-0.15, -0.1) is 0 Å². The van der Waals surface area contributed by atoms with Crippen LogP contribution in [0.25, 0.3) is 0 Å². The maximum absolute atomic E-state index is 12.3. The van der Waals surface area contributed by atoms with Crippen molar-refractivity contribution in [2.45, 2.75) is 33.2 Å². The normalized spacial score (nSPS) is 12.2. The summed E-state index contributed by atoms with van der Waals surface area (Å²) in [5.41, 5.74) is 7.86. The standard InChI is InChI=1S/C16H20N2O2/c1-4-14(15-8-6-11(3)20-15)18-16(19)12-9-10(2)5-7-13(12)17/h5-9,14H,4,17H2,1-3H3,(H,18,19). The topological polar surface area (TPSA) is 68.3 Å². The van der Waals surface area contributed by atoms with Crippen LogP contribution in [0.5, 0.6) is 0 Å². The molecule has 3 N–H and O–H groups in total. The number of furan rings is 1. The molecule has 2 aromatic rings. The number of carbonyl (C=O) groups excluding carboxylic acids is 1. The third kappa shape index (κ3) is 3.02. The Morgan fingerprint density at radius 2 is 2.05 bits per heavy atom. The lowest BCUT2D eigenvalue weighted by Crippen LogP contribution is -2.28. The van der Waals surface area contributed by atoms with Crippen molar-refractivity contribution in [1.29, 1.82) is 0 Å². The van der Waals surface area contributed by atoms with E-state index in [0.29, 0.717) is 11.3 Å². The zero-order chi connectivity index (χ0) is 14.7. The van der Waals surface area contributed by atoms with Gasteiger partial charge < -0.3 is 15.5 Å². The van der Waals surface area contributed by atoms with E-state index in [9.17, 15) is 4.79 Å². The molecule has 0 saturated heterocycles. The number of anilines is 1. The Hall–Kier alpha value is -2.23. The fourth-order valence-electron chi connectivity index (χ4n) is 2.12. The maximum atomic E-state index is 12.3. The monoisotopic (exact) mass is 272 g/mol. The molecule has 20 heavy (non-hydrogen) atoms. The van der Waals surface area contributed by atoms with Crippen molar-refractivity contribution >= 4 is 11.6 Å². The van der Waals surface area contributed by atoms with Crippen molar-refractivity contribution in [2.75, 3.05) is 5.73 Å². The summed E-state index contributed by atoms with van der Waals surface area (Å²) in [6, 6.07) is 9.08. The summed E-state index contributed by atoms with van der Waals surface area (Å²) in [5.74, 6) is 1.43. The molecule has 0 aliphatic carbocycles. The van der Waals surface area contributed by atoms with E-state index in [0.717, 1.165) is 23.5 Å². The highest BCUT2D eigenvalue weighted by atomic mass is 16.3. The fourth-order valence-corrected chi connectivity index (χ4v) is 2.12. The second kappa shape index (κ2) is 5.82. The van der Waals surface area contributed by atoms with Gasteiger partial charge in [0.2, 0.25) is 0 Å². The van der Waals surface area contributed by atoms with E-state index in [-0.39, 0.29) is 11.9 Å². The Labute approximate surface area is 119 Å². The quantitative estimate of drug-likeness (QED) is 0.838. The number of nitrogen functional groups attached to an aromatic ring is 1. The number of hydrogen-bond donors (Lipinski definition) is 2. The maximum Gasteiger partial charge on any atom is 0.253 e. The van der Waals surface area contributed by atoms with Gasteiger partial charge in [-0.3, -0.25) is 4.79 Å². The minimum absolute atomic E-state index is 0.142. The highest BCUT2D eigenvalue weighted by Crippen LogP contribution is 2.21. The second-order valence-corrected chi connectivity index (χ2v) is 4.97. The Balaban J connectivity index is 2.19. The average molecular weight is 272 g/mol. The van der Waals surface area contributed by atoms with Gasteiger partial charge in [-0.1, -0.05) is 18.6 Å². The first kappa shape index (κ1) is 14.2. The number of aryl methyl sites for hydroxylation is 2. The summed E-state index contributed by atoms with van der Waals surface area (Å²) in [5, 5.41) is 2.97.